The van der Waals surface area contributed by atoms with E-state index < -0.39 is 0 Å². The SMILES string of the molecule is COc1ccc(C(Br)Cc2ccc(Br)cc2)c(C)c1. The Morgan fingerprint density at radius 1 is 1.11 bits per heavy atom. The van der Waals surface area contributed by atoms with E-state index in [1.165, 1.54) is 16.7 Å². The molecule has 2 aromatic rings. The molecular weight excluding hydrogens is 368 g/mol. The number of rotatable bonds is 4. The van der Waals surface area contributed by atoms with Gasteiger partial charge in [0, 0.05) is 9.30 Å². The average Bonchev–Trinajstić information content (AvgIpc) is 2.41. The van der Waals surface area contributed by atoms with E-state index in [1.807, 2.05) is 6.07 Å². The number of benzene rings is 2. The molecule has 100 valence electrons. The first-order valence-corrected chi connectivity index (χ1v) is 7.84. The molecule has 0 saturated carbocycles. The predicted octanol–water partition coefficient (Wildman–Crippen LogP) is 5.44. The van der Waals surface area contributed by atoms with Crippen LogP contribution in [0.1, 0.15) is 21.5 Å². The Hall–Kier alpha value is -0.800. The third-order valence-electron chi connectivity index (χ3n) is 3.14. The van der Waals surface area contributed by atoms with Crippen LogP contribution < -0.4 is 4.74 Å². The molecule has 19 heavy (non-hydrogen) atoms. The van der Waals surface area contributed by atoms with Crippen LogP contribution in [0.2, 0.25) is 0 Å². The molecule has 0 aliphatic rings. The first kappa shape index (κ1) is 14.6. The molecule has 3 heteroatoms. The molecule has 2 rings (SSSR count). The van der Waals surface area contributed by atoms with Crippen molar-refractivity contribution >= 4 is 31.9 Å². The summed E-state index contributed by atoms with van der Waals surface area (Å²) < 4.78 is 6.35. The molecule has 0 aliphatic heterocycles. The van der Waals surface area contributed by atoms with E-state index in [9.17, 15) is 0 Å². The molecule has 1 unspecified atom stereocenters. The molecule has 0 fully saturated rings. The molecule has 0 spiro atoms. The van der Waals surface area contributed by atoms with Gasteiger partial charge in [-0.15, -0.1) is 0 Å². The highest BCUT2D eigenvalue weighted by molar-refractivity contribution is 9.10. The van der Waals surface area contributed by atoms with Crippen LogP contribution in [0, 0.1) is 6.92 Å². The minimum absolute atomic E-state index is 0.319. The standard InChI is InChI=1S/C16H16Br2O/c1-11-9-14(19-2)7-8-15(11)16(18)10-12-3-5-13(17)6-4-12/h3-9,16H,10H2,1-2H3. The van der Waals surface area contributed by atoms with E-state index in [2.05, 4.69) is 75.2 Å². The Bertz CT molecular complexity index is 549. The van der Waals surface area contributed by atoms with Crippen molar-refractivity contribution in [3.05, 3.63) is 63.6 Å². The lowest BCUT2D eigenvalue weighted by Crippen LogP contribution is -1.98. The highest BCUT2D eigenvalue weighted by Crippen LogP contribution is 2.31. The van der Waals surface area contributed by atoms with E-state index in [1.54, 1.807) is 7.11 Å². The van der Waals surface area contributed by atoms with Crippen molar-refractivity contribution in [1.82, 2.24) is 0 Å². The Morgan fingerprint density at radius 2 is 1.79 bits per heavy atom. The summed E-state index contributed by atoms with van der Waals surface area (Å²) in [4.78, 5) is 0.319. The largest absolute Gasteiger partial charge is 0.497 e. The molecule has 0 amide bonds. The molecule has 1 nitrogen and oxygen atoms in total. The van der Waals surface area contributed by atoms with Gasteiger partial charge in [-0.25, -0.2) is 0 Å². The van der Waals surface area contributed by atoms with Gasteiger partial charge in [-0.1, -0.05) is 50.1 Å². The van der Waals surface area contributed by atoms with Crippen LogP contribution in [-0.2, 0) is 6.42 Å². The number of hydrogen-bond acceptors (Lipinski definition) is 1. The third-order valence-corrected chi connectivity index (χ3v) is 4.49. The van der Waals surface area contributed by atoms with E-state index in [0.29, 0.717) is 4.83 Å². The van der Waals surface area contributed by atoms with Gasteiger partial charge >= 0.3 is 0 Å². The van der Waals surface area contributed by atoms with Gasteiger partial charge in [-0.2, -0.15) is 0 Å². The fourth-order valence-electron chi connectivity index (χ4n) is 2.06. The molecule has 0 N–H and O–H groups in total. The highest BCUT2D eigenvalue weighted by Gasteiger charge is 2.11. The Kier molecular flexibility index (Phi) is 5.06. The van der Waals surface area contributed by atoms with Crippen molar-refractivity contribution < 1.29 is 4.74 Å². The molecule has 0 aromatic heterocycles. The highest BCUT2D eigenvalue weighted by atomic mass is 79.9. The van der Waals surface area contributed by atoms with Gasteiger partial charge in [0.15, 0.2) is 0 Å². The summed E-state index contributed by atoms with van der Waals surface area (Å²) >= 11 is 7.24. The second-order valence-electron chi connectivity index (χ2n) is 4.52. The molecular formula is C16H16Br2O. The number of hydrogen-bond donors (Lipinski definition) is 0. The molecule has 0 bridgehead atoms. The maximum Gasteiger partial charge on any atom is 0.119 e. The zero-order chi connectivity index (χ0) is 13.8. The van der Waals surface area contributed by atoms with Gasteiger partial charge in [-0.3, -0.25) is 0 Å². The average molecular weight is 384 g/mol. The first-order valence-electron chi connectivity index (χ1n) is 6.13. The predicted molar refractivity (Wildman–Crippen MR) is 87.2 cm³/mol. The van der Waals surface area contributed by atoms with Crippen LogP contribution in [0.5, 0.6) is 5.75 Å². The lowest BCUT2D eigenvalue weighted by Gasteiger charge is -2.14. The van der Waals surface area contributed by atoms with Crippen LogP contribution >= 0.6 is 31.9 Å². The first-order chi connectivity index (χ1) is 9.10. The molecule has 1 atom stereocenters. The van der Waals surface area contributed by atoms with Gasteiger partial charge in [-0.05, 0) is 54.3 Å². The van der Waals surface area contributed by atoms with Gasteiger partial charge in [0.2, 0.25) is 0 Å². The van der Waals surface area contributed by atoms with Gasteiger partial charge in [0.25, 0.3) is 0 Å². The summed E-state index contributed by atoms with van der Waals surface area (Å²) in [6.45, 7) is 2.12. The smallest absolute Gasteiger partial charge is 0.119 e. The quantitative estimate of drug-likeness (QED) is 0.638. The van der Waals surface area contributed by atoms with Gasteiger partial charge in [0.05, 0.1) is 7.11 Å². The Morgan fingerprint density at radius 3 is 2.37 bits per heavy atom. The minimum Gasteiger partial charge on any atom is -0.497 e. The third kappa shape index (κ3) is 3.83. The minimum atomic E-state index is 0.319. The topological polar surface area (TPSA) is 9.23 Å². The normalized spacial score (nSPS) is 12.2. The van der Waals surface area contributed by atoms with Crippen LogP contribution in [-0.4, -0.2) is 7.11 Å². The summed E-state index contributed by atoms with van der Waals surface area (Å²) in [6.07, 6.45) is 0.973. The van der Waals surface area contributed by atoms with Gasteiger partial charge in [0.1, 0.15) is 5.75 Å². The zero-order valence-corrected chi connectivity index (χ0v) is 14.2. The molecule has 0 saturated heterocycles. The van der Waals surface area contributed by atoms with Crippen molar-refractivity contribution in [2.45, 2.75) is 18.2 Å². The number of halogens is 2. The summed E-state index contributed by atoms with van der Waals surface area (Å²) in [6, 6.07) is 14.7. The van der Waals surface area contributed by atoms with Crippen LogP contribution in [0.25, 0.3) is 0 Å². The van der Waals surface area contributed by atoms with Crippen LogP contribution in [0.3, 0.4) is 0 Å². The van der Waals surface area contributed by atoms with E-state index in [0.717, 1.165) is 16.6 Å². The molecule has 2 aromatic carbocycles. The van der Waals surface area contributed by atoms with E-state index >= 15 is 0 Å². The Labute approximate surface area is 131 Å². The number of ether oxygens (including phenoxy) is 1. The summed E-state index contributed by atoms with van der Waals surface area (Å²) in [7, 11) is 1.70. The molecule has 0 heterocycles. The number of alkyl halides is 1. The Balaban J connectivity index is 2.15. The lowest BCUT2D eigenvalue weighted by atomic mass is 10.0. The second-order valence-corrected chi connectivity index (χ2v) is 6.54. The summed E-state index contributed by atoms with van der Waals surface area (Å²) in [5.41, 5.74) is 3.88. The van der Waals surface area contributed by atoms with Crippen molar-refractivity contribution in [2.24, 2.45) is 0 Å². The fourth-order valence-corrected chi connectivity index (χ4v) is 3.22. The maximum absolute atomic E-state index is 5.24. The number of methoxy groups -OCH3 is 1. The van der Waals surface area contributed by atoms with Gasteiger partial charge < -0.3 is 4.74 Å². The van der Waals surface area contributed by atoms with Crippen LogP contribution in [0.15, 0.2) is 46.9 Å². The number of aryl methyl sites for hydroxylation is 1. The van der Waals surface area contributed by atoms with Crippen LogP contribution in [0.4, 0.5) is 0 Å². The monoisotopic (exact) mass is 382 g/mol. The van der Waals surface area contributed by atoms with E-state index in [4.69, 9.17) is 4.74 Å². The molecule has 0 aliphatic carbocycles. The van der Waals surface area contributed by atoms with Crippen molar-refractivity contribution in [3.8, 4) is 5.75 Å². The zero-order valence-electron chi connectivity index (χ0n) is 11.0. The van der Waals surface area contributed by atoms with Crippen molar-refractivity contribution in [3.63, 3.8) is 0 Å². The van der Waals surface area contributed by atoms with E-state index in [-0.39, 0.29) is 0 Å². The molecule has 0 radical (unpaired) electrons. The van der Waals surface area contributed by atoms with Crippen molar-refractivity contribution in [2.75, 3.05) is 7.11 Å². The van der Waals surface area contributed by atoms with Crippen molar-refractivity contribution in [1.29, 1.82) is 0 Å². The summed E-state index contributed by atoms with van der Waals surface area (Å²) in [5, 5.41) is 0. The fraction of sp³-hybridized carbons (Fsp3) is 0.250. The lowest BCUT2D eigenvalue weighted by molar-refractivity contribution is 0.414. The summed E-state index contributed by atoms with van der Waals surface area (Å²) in [5.74, 6) is 0.907. The second kappa shape index (κ2) is 6.58. The maximum atomic E-state index is 5.24.